The fourth-order valence-corrected chi connectivity index (χ4v) is 19.4. The number of hydrogen-bond donors (Lipinski definition) is 0. The van der Waals surface area contributed by atoms with Gasteiger partial charge in [0.15, 0.2) is 22.3 Å². The van der Waals surface area contributed by atoms with Crippen molar-refractivity contribution in [3.8, 4) is 39.3 Å². The van der Waals surface area contributed by atoms with Crippen molar-refractivity contribution in [3.05, 3.63) is 324 Å². The van der Waals surface area contributed by atoms with E-state index in [0.29, 0.717) is 50.1 Å². The van der Waals surface area contributed by atoms with Crippen molar-refractivity contribution in [2.24, 2.45) is 0 Å². The van der Waals surface area contributed by atoms with E-state index >= 15 is 0 Å². The Balaban J connectivity index is 0.891. The maximum absolute atomic E-state index is 9.76. The molecule has 20 aromatic rings. The summed E-state index contributed by atoms with van der Waals surface area (Å²) in [4.78, 5) is 4.63. The van der Waals surface area contributed by atoms with Crippen LogP contribution in [0.25, 0.3) is 149 Å². The Hall–Kier alpha value is -13.0. The Kier molecular flexibility index (Phi) is 13.4. The molecule has 2 aliphatic rings. The predicted octanol–water partition coefficient (Wildman–Crippen LogP) is 30.0. The zero-order valence-corrected chi connectivity index (χ0v) is 72.3. The average Bonchev–Trinajstić information content (AvgIpc) is 1.33. The minimum atomic E-state index is -0.636. The fourth-order valence-electron chi connectivity index (χ4n) is 19.4. The lowest BCUT2D eigenvalue weighted by atomic mass is 9.33. The molecule has 15 aromatic carbocycles. The summed E-state index contributed by atoms with van der Waals surface area (Å²) in [5.74, 6) is 0. The summed E-state index contributed by atoms with van der Waals surface area (Å²) in [6, 6.07) is 70.1. The van der Waals surface area contributed by atoms with Crippen molar-refractivity contribution in [2.45, 2.75) is 157 Å². The van der Waals surface area contributed by atoms with E-state index in [0.717, 1.165) is 121 Å². The van der Waals surface area contributed by atoms with Gasteiger partial charge in [0.05, 0.1) is 73.7 Å². The van der Waals surface area contributed by atoms with Gasteiger partial charge in [-0.05, 0) is 220 Å². The van der Waals surface area contributed by atoms with Crippen molar-refractivity contribution in [3.63, 3.8) is 0 Å². The first-order chi connectivity index (χ1) is 63.7. The van der Waals surface area contributed by atoms with E-state index in [2.05, 4.69) is 307 Å². The molecule has 0 saturated heterocycles. The molecule has 0 unspecified atom stereocenters. The second kappa shape index (κ2) is 26.2. The van der Waals surface area contributed by atoms with Gasteiger partial charge >= 0.3 is 0 Å². The van der Waals surface area contributed by atoms with E-state index in [1.807, 2.05) is 42.5 Å². The molecule has 0 bridgehead atoms. The van der Waals surface area contributed by atoms with Crippen LogP contribution >= 0.6 is 0 Å². The zero-order valence-electron chi connectivity index (χ0n) is 85.3. The molecule has 22 rings (SSSR count). The van der Waals surface area contributed by atoms with Gasteiger partial charge in [-0.3, -0.25) is 0 Å². The maximum atomic E-state index is 9.76. The lowest BCUT2D eigenvalue weighted by Gasteiger charge is -2.44. The predicted molar refractivity (Wildman–Crippen MR) is 521 cm³/mol. The molecule has 8 heteroatoms. The van der Waals surface area contributed by atoms with Crippen LogP contribution in [0.5, 0.6) is 0 Å². The second-order valence-electron chi connectivity index (χ2n) is 40.0. The molecule has 598 valence electrons. The van der Waals surface area contributed by atoms with E-state index in [4.69, 9.17) is 15.7 Å². The number of hydrogen-bond acceptors (Lipinski definition) is 4. The molecule has 0 amide bonds. The van der Waals surface area contributed by atoms with Gasteiger partial charge in [0.25, 0.3) is 6.71 Å². The quantitative estimate of drug-likeness (QED) is 0.149. The minimum Gasteiger partial charge on any atom is -0.452 e. The molecule has 122 heavy (non-hydrogen) atoms. The molecule has 2 aliphatic heterocycles. The highest BCUT2D eigenvalue weighted by Crippen LogP contribution is 2.54. The summed E-state index contributed by atoms with van der Waals surface area (Å²) in [6.07, 6.45) is 0. The molecular formula is C114H102BN5O2. The molecule has 7 heterocycles. The van der Waals surface area contributed by atoms with Crippen molar-refractivity contribution in [2.75, 3.05) is 9.80 Å². The van der Waals surface area contributed by atoms with Crippen LogP contribution in [0, 0.1) is 0 Å². The lowest BCUT2D eigenvalue weighted by molar-refractivity contribution is 0.569. The third kappa shape index (κ3) is 11.5. The number of nitrogens with zero attached hydrogens (tertiary/aromatic N) is 5. The highest BCUT2D eigenvalue weighted by atomic mass is 16.3. The largest absolute Gasteiger partial charge is 0.452 e. The number of rotatable bonds is 7. The van der Waals surface area contributed by atoms with Crippen molar-refractivity contribution in [1.82, 2.24) is 13.7 Å². The highest BCUT2D eigenvalue weighted by molar-refractivity contribution is 7.00. The van der Waals surface area contributed by atoms with Crippen LogP contribution in [-0.4, -0.2) is 20.4 Å². The standard InChI is InChI=1S/C114H102BN5O2/c1-109(2,3)71-45-52-92-84(62-71)85-63-72(110(4,5)6)46-53-93(85)116(92)77-49-51-89-101(66-77)120(99-43-29-37-83-81-35-27-41-97(106(81)122-108(83)99)118-94-54-47-73(111(7,8)9)64-86(94)87-65-74(112(10,11)12)48-55-95(87)118)103-60-70(69-56-75(113(13,14)15)61-76(57-69)114(16,17)18)59-102-104(103)115(89)88-50-44-68(67-30-20-19-21-31-67)58-100(88)119(102)98-42-28-36-82-80-34-26-40-96(105(80)121-107(82)98)117-90-38-24-22-32-78(90)79-33-23-25-39-91(79)117/h19-66H,1-18H3/i19D,20D,21D,22D,23D,24D,25D,30D,31D,32D,33D,38D,39D. The molecule has 0 saturated carbocycles. The number of anilines is 6. The Labute approximate surface area is 733 Å². The van der Waals surface area contributed by atoms with E-state index in [1.165, 1.54) is 26.8 Å². The Morgan fingerprint density at radius 3 is 1.00 bits per heavy atom. The second-order valence-corrected chi connectivity index (χ2v) is 40.0. The number of fused-ring (bicyclic) bond motifs is 19. The molecule has 0 spiro atoms. The highest BCUT2D eigenvalue weighted by Gasteiger charge is 2.46. The van der Waals surface area contributed by atoms with E-state index in [1.54, 1.807) is 6.07 Å². The lowest BCUT2D eigenvalue weighted by Crippen LogP contribution is -2.61. The summed E-state index contributed by atoms with van der Waals surface area (Å²) < 4.78 is 144. The Morgan fingerprint density at radius 1 is 0.238 bits per heavy atom. The van der Waals surface area contributed by atoms with Gasteiger partial charge in [-0.1, -0.05) is 300 Å². The molecular weight excluding hydrogens is 1480 g/mol. The monoisotopic (exact) mass is 1600 g/mol. The van der Waals surface area contributed by atoms with Crippen LogP contribution in [0.15, 0.2) is 300 Å². The average molecular weight is 1600 g/mol. The summed E-state index contributed by atoms with van der Waals surface area (Å²) in [6.45, 7) is 40.0. The molecule has 5 aromatic heterocycles. The van der Waals surface area contributed by atoms with E-state index in [9.17, 15) is 11.0 Å². The molecule has 0 radical (unpaired) electrons. The van der Waals surface area contributed by atoms with Crippen LogP contribution in [-0.2, 0) is 32.5 Å². The first-order valence-electron chi connectivity index (χ1n) is 49.1. The number of aromatic nitrogens is 3. The Bertz CT molecular complexity index is 8420. The van der Waals surface area contributed by atoms with E-state index in [-0.39, 0.29) is 83.2 Å². The topological polar surface area (TPSA) is 47.6 Å². The third-order valence-corrected chi connectivity index (χ3v) is 26.1. The van der Waals surface area contributed by atoms with Gasteiger partial charge in [0, 0.05) is 82.3 Å². The summed E-state index contributed by atoms with van der Waals surface area (Å²) >= 11 is 0. The van der Waals surface area contributed by atoms with E-state index < -0.39 is 73.2 Å². The summed E-state index contributed by atoms with van der Waals surface area (Å²) in [7, 11) is 0. The van der Waals surface area contributed by atoms with Crippen LogP contribution < -0.4 is 26.2 Å². The first-order valence-corrected chi connectivity index (χ1v) is 42.6. The number of benzene rings is 15. The number of para-hydroxylation sites is 6. The molecule has 7 nitrogen and oxygen atoms in total. The third-order valence-electron chi connectivity index (χ3n) is 26.1. The minimum absolute atomic E-state index is 0.00580. The molecule has 0 fully saturated rings. The SMILES string of the molecule is [2H]c1c([2H])c([2H])c(-c2ccc3c(c2)N(c2cccc4c2oc2c(-n5c6c([2H])c([2H])c([2H])c([2H])c6c6c([2H])c([2H])c([2H])c([2H])c65)cccc24)c2cc(-c4cc(C(C)(C)C)cc(C(C)(C)C)c4)cc4c2B3c2ccc(-n3c5ccc(C(C)(C)C)cc5c5cc(C(C)(C)C)ccc53)cc2N4c2cccc3c2oc2c(-n4c5ccc(C(C)(C)C)cc5c5cc(C(C)(C)C)ccc54)cccc23)c([2H])c1[2H]. The molecule has 0 atom stereocenters. The molecule has 0 aliphatic carbocycles. The maximum Gasteiger partial charge on any atom is 0.252 e. The van der Waals surface area contributed by atoms with Gasteiger partial charge in [-0.15, -0.1) is 0 Å². The van der Waals surface area contributed by atoms with Gasteiger partial charge < -0.3 is 32.3 Å². The van der Waals surface area contributed by atoms with Crippen LogP contribution in [0.3, 0.4) is 0 Å². The van der Waals surface area contributed by atoms with Gasteiger partial charge in [0.1, 0.15) is 0 Å². The summed E-state index contributed by atoms with van der Waals surface area (Å²) in [5, 5.41) is 7.40. The number of furan rings is 2. The first kappa shape index (κ1) is 62.1. The van der Waals surface area contributed by atoms with Crippen LogP contribution in [0.4, 0.5) is 34.1 Å². The molecule has 0 N–H and O–H groups in total. The van der Waals surface area contributed by atoms with Crippen molar-refractivity contribution < 1.29 is 26.7 Å². The zero-order chi connectivity index (χ0) is 95.4. The van der Waals surface area contributed by atoms with Gasteiger partial charge in [-0.25, -0.2) is 0 Å². The van der Waals surface area contributed by atoms with Crippen molar-refractivity contribution >= 4 is 167 Å². The van der Waals surface area contributed by atoms with Gasteiger partial charge in [-0.2, -0.15) is 0 Å². The fraction of sp³-hybridized carbons (Fsp3) is 0.211. The van der Waals surface area contributed by atoms with Crippen LogP contribution in [0.2, 0.25) is 0 Å². The summed E-state index contributed by atoms with van der Waals surface area (Å²) in [5.41, 5.74) is 22.8. The Morgan fingerprint density at radius 2 is 0.582 bits per heavy atom. The smallest absolute Gasteiger partial charge is 0.252 e. The van der Waals surface area contributed by atoms with Crippen LogP contribution in [0.1, 0.15) is 176 Å². The van der Waals surface area contributed by atoms with Crippen molar-refractivity contribution in [1.29, 1.82) is 0 Å². The normalized spacial score (nSPS) is 15.1. The van der Waals surface area contributed by atoms with Gasteiger partial charge in [0.2, 0.25) is 0 Å².